The maximum absolute atomic E-state index is 12.6. The molecule has 2 aromatic rings. The van der Waals surface area contributed by atoms with Crippen LogP contribution >= 0.6 is 11.6 Å². The van der Waals surface area contributed by atoms with E-state index in [0.29, 0.717) is 29.9 Å². The number of alkyl halides is 3. The van der Waals surface area contributed by atoms with Crippen LogP contribution in [-0.2, 0) is 11.2 Å². The summed E-state index contributed by atoms with van der Waals surface area (Å²) in [4.78, 5) is 26.6. The Bertz CT molecular complexity index is 911. The zero-order valence-corrected chi connectivity index (χ0v) is 16.7. The summed E-state index contributed by atoms with van der Waals surface area (Å²) < 4.78 is 40.4. The maximum atomic E-state index is 12.6. The lowest BCUT2D eigenvalue weighted by Crippen LogP contribution is -2.35. The lowest BCUT2D eigenvalue weighted by Gasteiger charge is -2.27. The SMILES string of the molecule is O=C(Cc1ccc(OC(F)(F)F)cc1)Nc1ccc(C(=O)N2CCCCC2)c(Cl)c1. The van der Waals surface area contributed by atoms with E-state index < -0.39 is 6.36 Å². The van der Waals surface area contributed by atoms with Crippen molar-refractivity contribution < 1.29 is 27.5 Å². The Morgan fingerprint density at radius 3 is 2.30 bits per heavy atom. The van der Waals surface area contributed by atoms with Crippen molar-refractivity contribution in [1.29, 1.82) is 0 Å². The molecule has 1 saturated heterocycles. The summed E-state index contributed by atoms with van der Waals surface area (Å²) in [5.41, 5.74) is 1.33. The highest BCUT2D eigenvalue weighted by molar-refractivity contribution is 6.34. The fraction of sp³-hybridized carbons (Fsp3) is 0.333. The molecule has 0 saturated carbocycles. The average molecular weight is 441 g/mol. The monoisotopic (exact) mass is 440 g/mol. The zero-order chi connectivity index (χ0) is 21.7. The minimum Gasteiger partial charge on any atom is -0.406 e. The van der Waals surface area contributed by atoms with E-state index in [0.717, 1.165) is 31.4 Å². The van der Waals surface area contributed by atoms with Crippen molar-refractivity contribution in [1.82, 2.24) is 4.90 Å². The molecule has 0 aromatic heterocycles. The second-order valence-corrected chi connectivity index (χ2v) is 7.37. The van der Waals surface area contributed by atoms with Crippen LogP contribution in [0.5, 0.6) is 5.75 Å². The standard InChI is InChI=1S/C21H20ClF3N2O3/c22-18-13-15(6-9-17(18)20(29)27-10-2-1-3-11-27)26-19(28)12-14-4-7-16(8-5-14)30-21(23,24)25/h4-9,13H,1-3,10-12H2,(H,26,28). The largest absolute Gasteiger partial charge is 0.573 e. The highest BCUT2D eigenvalue weighted by atomic mass is 35.5. The van der Waals surface area contributed by atoms with Gasteiger partial charge < -0.3 is 15.0 Å². The second-order valence-electron chi connectivity index (χ2n) is 6.96. The van der Waals surface area contributed by atoms with Crippen molar-refractivity contribution in [3.05, 3.63) is 58.6 Å². The Balaban J connectivity index is 1.58. The molecule has 1 N–H and O–H groups in total. The van der Waals surface area contributed by atoms with Crippen molar-refractivity contribution in [3.63, 3.8) is 0 Å². The Labute approximate surface area is 176 Å². The second kappa shape index (κ2) is 9.38. The van der Waals surface area contributed by atoms with Gasteiger partial charge in [-0.2, -0.15) is 0 Å². The third-order valence-corrected chi connectivity index (χ3v) is 4.96. The lowest BCUT2D eigenvalue weighted by atomic mass is 10.1. The quantitative estimate of drug-likeness (QED) is 0.708. The summed E-state index contributed by atoms with van der Waals surface area (Å²) in [6.07, 6.45) is -1.75. The molecule has 1 heterocycles. The van der Waals surface area contributed by atoms with Gasteiger partial charge in [-0.25, -0.2) is 0 Å². The Morgan fingerprint density at radius 1 is 1.03 bits per heavy atom. The number of likely N-dealkylation sites (tertiary alicyclic amines) is 1. The molecule has 0 atom stereocenters. The molecule has 0 aliphatic carbocycles. The van der Waals surface area contributed by atoms with E-state index in [-0.39, 0.29) is 29.0 Å². The molecule has 30 heavy (non-hydrogen) atoms. The molecule has 1 fully saturated rings. The van der Waals surface area contributed by atoms with Gasteiger partial charge in [0.25, 0.3) is 5.91 Å². The average Bonchev–Trinajstić information content (AvgIpc) is 2.69. The molecule has 1 aliphatic rings. The lowest BCUT2D eigenvalue weighted by molar-refractivity contribution is -0.274. The number of nitrogens with one attached hydrogen (secondary N) is 1. The van der Waals surface area contributed by atoms with Crippen LogP contribution in [-0.4, -0.2) is 36.2 Å². The van der Waals surface area contributed by atoms with Crippen LogP contribution in [0, 0.1) is 0 Å². The van der Waals surface area contributed by atoms with E-state index in [2.05, 4.69) is 10.1 Å². The molecule has 0 bridgehead atoms. The normalized spacial score (nSPS) is 14.3. The van der Waals surface area contributed by atoms with Crippen molar-refractivity contribution >= 4 is 29.1 Å². The van der Waals surface area contributed by atoms with E-state index in [9.17, 15) is 22.8 Å². The minimum absolute atomic E-state index is 0.0433. The van der Waals surface area contributed by atoms with Gasteiger partial charge in [-0.05, 0) is 55.2 Å². The number of hydrogen-bond donors (Lipinski definition) is 1. The highest BCUT2D eigenvalue weighted by Crippen LogP contribution is 2.25. The number of ether oxygens (including phenoxy) is 1. The predicted octanol–water partition coefficient (Wildman–Crippen LogP) is 5.05. The van der Waals surface area contributed by atoms with Crippen molar-refractivity contribution in [2.24, 2.45) is 0 Å². The van der Waals surface area contributed by atoms with Crippen molar-refractivity contribution in [2.45, 2.75) is 32.0 Å². The highest BCUT2D eigenvalue weighted by Gasteiger charge is 2.31. The first-order valence-corrected chi connectivity index (χ1v) is 9.82. The number of rotatable bonds is 5. The number of amides is 2. The van der Waals surface area contributed by atoms with E-state index >= 15 is 0 Å². The van der Waals surface area contributed by atoms with Gasteiger partial charge in [0.05, 0.1) is 17.0 Å². The summed E-state index contributed by atoms with van der Waals surface area (Å²) in [7, 11) is 0. The number of nitrogens with zero attached hydrogens (tertiary/aromatic N) is 1. The fourth-order valence-electron chi connectivity index (χ4n) is 3.23. The first-order chi connectivity index (χ1) is 14.2. The third kappa shape index (κ3) is 6.13. The molecule has 0 spiro atoms. The van der Waals surface area contributed by atoms with Crippen LogP contribution < -0.4 is 10.1 Å². The number of carbonyl (C=O) groups is 2. The van der Waals surface area contributed by atoms with Gasteiger partial charge in [0.2, 0.25) is 5.91 Å². The van der Waals surface area contributed by atoms with Crippen molar-refractivity contribution in [3.8, 4) is 5.75 Å². The summed E-state index contributed by atoms with van der Waals surface area (Å²) in [6, 6.07) is 9.75. The maximum Gasteiger partial charge on any atom is 0.573 e. The third-order valence-electron chi connectivity index (χ3n) is 4.65. The Morgan fingerprint density at radius 2 is 1.70 bits per heavy atom. The summed E-state index contributed by atoms with van der Waals surface area (Å²) in [5.74, 6) is -0.850. The van der Waals surface area contributed by atoms with Crippen LogP contribution in [0.4, 0.5) is 18.9 Å². The van der Waals surface area contributed by atoms with E-state index in [4.69, 9.17) is 11.6 Å². The van der Waals surface area contributed by atoms with Gasteiger partial charge in [-0.3, -0.25) is 9.59 Å². The molecule has 3 rings (SSSR count). The first kappa shape index (κ1) is 22.0. The molecule has 9 heteroatoms. The predicted molar refractivity (Wildman–Crippen MR) is 107 cm³/mol. The van der Waals surface area contributed by atoms with Gasteiger partial charge >= 0.3 is 6.36 Å². The number of carbonyl (C=O) groups excluding carboxylic acids is 2. The number of halogens is 4. The van der Waals surface area contributed by atoms with E-state index in [1.54, 1.807) is 17.0 Å². The molecular weight excluding hydrogens is 421 g/mol. The summed E-state index contributed by atoms with van der Waals surface area (Å²) >= 11 is 6.25. The molecule has 160 valence electrons. The molecular formula is C21H20ClF3N2O3. The van der Waals surface area contributed by atoms with Crippen LogP contribution in [0.15, 0.2) is 42.5 Å². The van der Waals surface area contributed by atoms with E-state index in [1.807, 2.05) is 0 Å². The van der Waals surface area contributed by atoms with Gasteiger partial charge in [-0.1, -0.05) is 23.7 Å². The van der Waals surface area contributed by atoms with E-state index in [1.165, 1.54) is 18.2 Å². The number of hydrogen-bond acceptors (Lipinski definition) is 3. The fourth-order valence-corrected chi connectivity index (χ4v) is 3.49. The van der Waals surface area contributed by atoms with Gasteiger partial charge in [0.1, 0.15) is 5.75 Å². The van der Waals surface area contributed by atoms with Crippen LogP contribution in [0.2, 0.25) is 5.02 Å². The number of piperidine rings is 1. The Hall–Kier alpha value is -2.74. The number of benzene rings is 2. The van der Waals surface area contributed by atoms with Crippen LogP contribution in [0.3, 0.4) is 0 Å². The summed E-state index contributed by atoms with van der Waals surface area (Å²) in [5, 5.41) is 2.92. The molecule has 1 aliphatic heterocycles. The van der Waals surface area contributed by atoms with Crippen LogP contribution in [0.25, 0.3) is 0 Å². The van der Waals surface area contributed by atoms with Gasteiger partial charge in [0, 0.05) is 18.8 Å². The zero-order valence-electron chi connectivity index (χ0n) is 16.0. The van der Waals surface area contributed by atoms with Gasteiger partial charge in [0.15, 0.2) is 0 Å². The first-order valence-electron chi connectivity index (χ1n) is 9.44. The van der Waals surface area contributed by atoms with Gasteiger partial charge in [-0.15, -0.1) is 13.2 Å². The Kier molecular flexibility index (Phi) is 6.87. The van der Waals surface area contributed by atoms with Crippen molar-refractivity contribution in [2.75, 3.05) is 18.4 Å². The summed E-state index contributed by atoms with van der Waals surface area (Å²) in [6.45, 7) is 1.42. The molecule has 0 radical (unpaired) electrons. The van der Waals surface area contributed by atoms with Crippen LogP contribution in [0.1, 0.15) is 35.2 Å². The molecule has 2 aromatic carbocycles. The number of anilines is 1. The topological polar surface area (TPSA) is 58.6 Å². The molecule has 0 unspecified atom stereocenters. The smallest absolute Gasteiger partial charge is 0.406 e. The molecule has 5 nitrogen and oxygen atoms in total. The minimum atomic E-state index is -4.76. The molecule has 2 amide bonds.